The lowest BCUT2D eigenvalue weighted by Gasteiger charge is -2.10. The molecule has 0 saturated carbocycles. The molecule has 1 unspecified atom stereocenters. The zero-order chi connectivity index (χ0) is 13.2. The van der Waals surface area contributed by atoms with Crippen molar-refractivity contribution in [3.05, 3.63) is 29.6 Å². The molecule has 1 aromatic carbocycles. The van der Waals surface area contributed by atoms with Crippen LogP contribution in [0.4, 0.5) is 17.6 Å². The zero-order valence-electron chi connectivity index (χ0n) is 8.52. The first-order chi connectivity index (χ1) is 7.70. The number of hydrogen-bond donors (Lipinski definition) is 0. The highest BCUT2D eigenvalue weighted by Gasteiger charge is 2.30. The van der Waals surface area contributed by atoms with Gasteiger partial charge in [0.25, 0.3) is 0 Å². The maximum Gasteiger partial charge on any atom is 0.446 e. The summed E-state index contributed by atoms with van der Waals surface area (Å²) in [5.74, 6) is -1.24. The third-order valence-corrected chi connectivity index (χ3v) is 3.79. The lowest BCUT2D eigenvalue weighted by Crippen LogP contribution is -2.03. The second kappa shape index (κ2) is 5.39. The molecule has 0 heterocycles. The van der Waals surface area contributed by atoms with Crippen LogP contribution in [-0.2, 0) is 4.79 Å². The Morgan fingerprint density at radius 3 is 2.41 bits per heavy atom. The number of Topliss-reactive ketones (excluding diaryl/α,β-unsaturated/α-hetero) is 1. The highest BCUT2D eigenvalue weighted by molar-refractivity contribution is 9.09. The Labute approximate surface area is 108 Å². The number of carbonyl (C=O) groups is 1. The standard InChI is InChI=1S/C10H7BrF4OS/c1-5(16)9(11)6-2-3-8(7(12)4-6)17-10(13,14)15/h2-4,9H,1H3. The first kappa shape index (κ1) is 14.5. The van der Waals surface area contributed by atoms with E-state index in [1.807, 2.05) is 0 Å². The van der Waals surface area contributed by atoms with Crippen LogP contribution >= 0.6 is 27.7 Å². The van der Waals surface area contributed by atoms with Crippen LogP contribution < -0.4 is 0 Å². The van der Waals surface area contributed by atoms with E-state index in [1.54, 1.807) is 0 Å². The summed E-state index contributed by atoms with van der Waals surface area (Å²) in [6.45, 7) is 1.30. The van der Waals surface area contributed by atoms with Gasteiger partial charge in [-0.05, 0) is 36.4 Å². The van der Waals surface area contributed by atoms with Crippen molar-refractivity contribution in [2.24, 2.45) is 0 Å². The summed E-state index contributed by atoms with van der Waals surface area (Å²) in [4.78, 5) is 9.80. The van der Waals surface area contributed by atoms with E-state index in [9.17, 15) is 22.4 Å². The lowest BCUT2D eigenvalue weighted by molar-refractivity contribution is -0.116. The largest absolute Gasteiger partial charge is 0.446 e. The molecule has 0 spiro atoms. The van der Waals surface area contributed by atoms with Crippen molar-refractivity contribution in [1.29, 1.82) is 0 Å². The number of hydrogen-bond acceptors (Lipinski definition) is 2. The van der Waals surface area contributed by atoms with Crippen molar-refractivity contribution in [2.45, 2.75) is 22.2 Å². The maximum atomic E-state index is 13.4. The van der Waals surface area contributed by atoms with Crippen molar-refractivity contribution >= 4 is 33.5 Å². The Morgan fingerprint density at radius 1 is 1.41 bits per heavy atom. The van der Waals surface area contributed by atoms with Gasteiger partial charge in [-0.15, -0.1) is 0 Å². The highest BCUT2D eigenvalue weighted by Crippen LogP contribution is 2.39. The van der Waals surface area contributed by atoms with Gasteiger partial charge in [-0.3, -0.25) is 4.79 Å². The van der Waals surface area contributed by atoms with Crippen LogP contribution in [0.25, 0.3) is 0 Å². The van der Waals surface area contributed by atoms with Crippen molar-refractivity contribution in [3.8, 4) is 0 Å². The molecule has 0 aliphatic carbocycles. The average Bonchev–Trinajstić information content (AvgIpc) is 2.18. The van der Waals surface area contributed by atoms with E-state index in [0.717, 1.165) is 12.1 Å². The molecular formula is C10H7BrF4OS. The molecule has 1 nitrogen and oxygen atoms in total. The predicted octanol–water partition coefficient (Wildman–Crippen LogP) is 4.46. The molecule has 94 valence electrons. The third kappa shape index (κ3) is 4.31. The summed E-state index contributed by atoms with van der Waals surface area (Å²) in [5, 5.41) is 0. The first-order valence-corrected chi connectivity index (χ1v) is 6.13. The van der Waals surface area contributed by atoms with Crippen molar-refractivity contribution in [3.63, 3.8) is 0 Å². The molecule has 1 aromatic rings. The number of halogens is 5. The van der Waals surface area contributed by atoms with Crippen LogP contribution in [0, 0.1) is 5.82 Å². The maximum absolute atomic E-state index is 13.4. The van der Waals surface area contributed by atoms with Crippen LogP contribution in [0.3, 0.4) is 0 Å². The second-order valence-electron chi connectivity index (χ2n) is 3.21. The average molecular weight is 331 g/mol. The fourth-order valence-electron chi connectivity index (χ4n) is 1.12. The molecule has 1 atom stereocenters. The van der Waals surface area contributed by atoms with E-state index >= 15 is 0 Å². The topological polar surface area (TPSA) is 17.1 Å². The number of carbonyl (C=O) groups excluding carboxylic acids is 1. The Balaban J connectivity index is 2.98. The number of thioether (sulfide) groups is 1. The van der Waals surface area contributed by atoms with Gasteiger partial charge < -0.3 is 0 Å². The van der Waals surface area contributed by atoms with Crippen molar-refractivity contribution < 1.29 is 22.4 Å². The molecule has 0 aliphatic heterocycles. The third-order valence-electron chi connectivity index (χ3n) is 1.83. The zero-order valence-corrected chi connectivity index (χ0v) is 10.9. The smallest absolute Gasteiger partial charge is 0.298 e. The Kier molecular flexibility index (Phi) is 4.60. The van der Waals surface area contributed by atoms with Gasteiger partial charge in [0.05, 0.1) is 9.72 Å². The van der Waals surface area contributed by atoms with Crippen molar-refractivity contribution in [1.82, 2.24) is 0 Å². The van der Waals surface area contributed by atoms with Gasteiger partial charge in [0.1, 0.15) is 11.6 Å². The molecule has 17 heavy (non-hydrogen) atoms. The first-order valence-electron chi connectivity index (χ1n) is 4.40. The van der Waals surface area contributed by atoms with Gasteiger partial charge in [0.15, 0.2) is 0 Å². The molecule has 1 rings (SSSR count). The minimum Gasteiger partial charge on any atom is -0.298 e. The highest BCUT2D eigenvalue weighted by atomic mass is 79.9. The Morgan fingerprint density at radius 2 is 2.00 bits per heavy atom. The summed E-state index contributed by atoms with van der Waals surface area (Å²) in [6, 6.07) is 3.23. The fraction of sp³-hybridized carbons (Fsp3) is 0.300. The predicted molar refractivity (Wildman–Crippen MR) is 60.7 cm³/mol. The van der Waals surface area contributed by atoms with E-state index in [4.69, 9.17) is 0 Å². The molecule has 0 radical (unpaired) electrons. The molecule has 0 aliphatic rings. The van der Waals surface area contributed by atoms with Gasteiger partial charge in [-0.2, -0.15) is 13.2 Å². The van der Waals surface area contributed by atoms with Gasteiger partial charge in [-0.25, -0.2) is 4.39 Å². The Hall–Kier alpha value is -0.560. The monoisotopic (exact) mass is 330 g/mol. The minimum absolute atomic E-state index is 0.249. The second-order valence-corrected chi connectivity index (χ2v) is 5.23. The molecule has 0 saturated heterocycles. The SMILES string of the molecule is CC(=O)C(Br)c1ccc(SC(F)(F)F)c(F)c1. The van der Waals surface area contributed by atoms with E-state index in [2.05, 4.69) is 15.9 Å². The molecule has 0 bridgehead atoms. The molecule has 0 amide bonds. The van der Waals surface area contributed by atoms with Crippen LogP contribution in [0.2, 0.25) is 0 Å². The molecular weight excluding hydrogens is 324 g/mol. The number of ketones is 1. The summed E-state index contributed by atoms with van der Waals surface area (Å²) in [7, 11) is 0. The molecule has 0 aromatic heterocycles. The summed E-state index contributed by atoms with van der Waals surface area (Å²) >= 11 is 2.51. The summed E-state index contributed by atoms with van der Waals surface area (Å²) in [6.07, 6.45) is 0. The molecule has 0 N–H and O–H groups in total. The Bertz CT molecular complexity index is 433. The van der Waals surface area contributed by atoms with Crippen LogP contribution in [0.1, 0.15) is 17.3 Å². The van der Waals surface area contributed by atoms with E-state index in [0.29, 0.717) is 5.56 Å². The summed E-state index contributed by atoms with van der Waals surface area (Å²) in [5.41, 5.74) is -4.24. The molecule has 0 fully saturated rings. The normalized spacial score (nSPS) is 13.5. The van der Waals surface area contributed by atoms with Crippen LogP contribution in [0.5, 0.6) is 0 Å². The van der Waals surface area contributed by atoms with E-state index < -0.39 is 32.8 Å². The van der Waals surface area contributed by atoms with Gasteiger partial charge in [0, 0.05) is 0 Å². The number of rotatable bonds is 3. The summed E-state index contributed by atoms with van der Waals surface area (Å²) < 4.78 is 49.5. The van der Waals surface area contributed by atoms with E-state index in [1.165, 1.54) is 13.0 Å². The fourth-order valence-corrected chi connectivity index (χ4v) is 1.94. The van der Waals surface area contributed by atoms with Gasteiger partial charge in [0.2, 0.25) is 0 Å². The lowest BCUT2D eigenvalue weighted by atomic mass is 10.1. The van der Waals surface area contributed by atoms with Crippen LogP contribution in [0.15, 0.2) is 23.1 Å². The number of alkyl halides is 4. The molecule has 7 heteroatoms. The van der Waals surface area contributed by atoms with Crippen molar-refractivity contribution in [2.75, 3.05) is 0 Å². The number of benzene rings is 1. The minimum atomic E-state index is -4.53. The van der Waals surface area contributed by atoms with E-state index in [-0.39, 0.29) is 5.78 Å². The quantitative estimate of drug-likeness (QED) is 0.462. The van der Waals surface area contributed by atoms with Gasteiger partial charge in [-0.1, -0.05) is 22.0 Å². The van der Waals surface area contributed by atoms with Gasteiger partial charge >= 0.3 is 5.51 Å². The van der Waals surface area contributed by atoms with Crippen LogP contribution in [-0.4, -0.2) is 11.3 Å².